The van der Waals surface area contributed by atoms with Crippen LogP contribution in [0.1, 0.15) is 72.6 Å². The average Bonchev–Trinajstić information content (AvgIpc) is 2.94. The van der Waals surface area contributed by atoms with Crippen molar-refractivity contribution in [2.24, 2.45) is 10.4 Å². The van der Waals surface area contributed by atoms with Gasteiger partial charge in [0.05, 0.1) is 0 Å². The largest absolute Gasteiger partial charge is 0.357 e. The number of likely N-dealkylation sites (tertiary alicyclic amines) is 1. The van der Waals surface area contributed by atoms with Crippen LogP contribution in [0, 0.1) is 5.41 Å². The molecule has 1 heterocycles. The molecule has 2 N–H and O–H groups in total. The highest BCUT2D eigenvalue weighted by atomic mass is 16.2. The number of unbranched alkanes of at least 4 members (excludes halogenated alkanes) is 2. The van der Waals surface area contributed by atoms with Gasteiger partial charge in [-0.1, -0.05) is 40.0 Å². The van der Waals surface area contributed by atoms with Crippen molar-refractivity contribution < 1.29 is 4.79 Å². The van der Waals surface area contributed by atoms with Crippen LogP contribution in [-0.2, 0) is 4.79 Å². The lowest BCUT2D eigenvalue weighted by molar-refractivity contribution is -0.127. The van der Waals surface area contributed by atoms with Crippen LogP contribution in [-0.4, -0.2) is 49.5 Å². The fourth-order valence-electron chi connectivity index (χ4n) is 2.98. The number of carbonyl (C=O) groups excluding carboxylic acids is 1. The van der Waals surface area contributed by atoms with Gasteiger partial charge in [-0.05, 0) is 31.6 Å². The summed E-state index contributed by atoms with van der Waals surface area (Å²) in [5.41, 5.74) is 0.249. The van der Waals surface area contributed by atoms with Crippen molar-refractivity contribution in [2.75, 3.05) is 32.7 Å². The Morgan fingerprint density at radius 3 is 2.62 bits per heavy atom. The predicted octanol–water partition coefficient (Wildman–Crippen LogP) is 3.16. The lowest BCUT2D eigenvalue weighted by Crippen LogP contribution is -2.39. The van der Waals surface area contributed by atoms with Crippen molar-refractivity contribution >= 4 is 11.9 Å². The van der Waals surface area contributed by atoms with E-state index in [0.29, 0.717) is 5.91 Å². The van der Waals surface area contributed by atoms with E-state index in [2.05, 4.69) is 38.3 Å². The minimum absolute atomic E-state index is 0.249. The number of guanidine groups is 1. The standard InChI is InChI=1S/C19H38N4O/c1-5-7-8-12-19(3,4)16-22-18(20-6-2)21-13-10-15-23-14-9-11-17(23)24/h5-16H2,1-4H3,(H2,20,21,22). The summed E-state index contributed by atoms with van der Waals surface area (Å²) in [6.45, 7) is 13.3. The van der Waals surface area contributed by atoms with Gasteiger partial charge in [0.2, 0.25) is 5.91 Å². The zero-order valence-corrected chi connectivity index (χ0v) is 16.3. The molecule has 140 valence electrons. The van der Waals surface area contributed by atoms with Crippen LogP contribution in [0.5, 0.6) is 0 Å². The number of hydrogen-bond acceptors (Lipinski definition) is 2. The van der Waals surface area contributed by atoms with Crippen LogP contribution >= 0.6 is 0 Å². The van der Waals surface area contributed by atoms with E-state index in [9.17, 15) is 4.79 Å². The first-order chi connectivity index (χ1) is 11.5. The summed E-state index contributed by atoms with van der Waals surface area (Å²) in [6, 6.07) is 0. The SMILES string of the molecule is CCCCCC(C)(C)CN=C(NCC)NCCCN1CCCC1=O. The van der Waals surface area contributed by atoms with Crippen molar-refractivity contribution in [3.05, 3.63) is 0 Å². The topological polar surface area (TPSA) is 56.7 Å². The molecule has 0 aromatic heterocycles. The molecule has 0 radical (unpaired) electrons. The van der Waals surface area contributed by atoms with Crippen LogP contribution in [0.3, 0.4) is 0 Å². The van der Waals surface area contributed by atoms with E-state index in [1.54, 1.807) is 0 Å². The summed E-state index contributed by atoms with van der Waals surface area (Å²) in [5, 5.41) is 6.72. The highest BCUT2D eigenvalue weighted by Gasteiger charge is 2.19. The zero-order valence-electron chi connectivity index (χ0n) is 16.3. The first-order valence-electron chi connectivity index (χ1n) is 9.78. The molecule has 5 heteroatoms. The fourth-order valence-corrected chi connectivity index (χ4v) is 2.98. The summed E-state index contributed by atoms with van der Waals surface area (Å²) < 4.78 is 0. The molecule has 1 saturated heterocycles. The van der Waals surface area contributed by atoms with Gasteiger partial charge in [0.25, 0.3) is 0 Å². The third-order valence-electron chi connectivity index (χ3n) is 4.54. The molecule has 24 heavy (non-hydrogen) atoms. The number of nitrogens with one attached hydrogen (secondary N) is 2. The van der Waals surface area contributed by atoms with Crippen molar-refractivity contribution in [3.8, 4) is 0 Å². The third-order valence-corrected chi connectivity index (χ3v) is 4.54. The quantitative estimate of drug-likeness (QED) is 0.346. The first-order valence-corrected chi connectivity index (χ1v) is 9.78. The maximum Gasteiger partial charge on any atom is 0.222 e. The van der Waals surface area contributed by atoms with Crippen molar-refractivity contribution in [1.29, 1.82) is 0 Å². The second-order valence-electron chi connectivity index (χ2n) is 7.58. The molecule has 0 unspecified atom stereocenters. The first kappa shape index (κ1) is 20.8. The van der Waals surface area contributed by atoms with Gasteiger partial charge in [-0.2, -0.15) is 0 Å². The van der Waals surface area contributed by atoms with E-state index in [0.717, 1.165) is 57.9 Å². The van der Waals surface area contributed by atoms with Gasteiger partial charge in [0, 0.05) is 39.1 Å². The Morgan fingerprint density at radius 2 is 2.00 bits per heavy atom. The van der Waals surface area contributed by atoms with Gasteiger partial charge in [0.15, 0.2) is 5.96 Å². The normalized spacial score (nSPS) is 15.9. The summed E-state index contributed by atoms with van der Waals surface area (Å²) >= 11 is 0. The highest BCUT2D eigenvalue weighted by Crippen LogP contribution is 2.23. The van der Waals surface area contributed by atoms with Crippen LogP contribution in [0.4, 0.5) is 0 Å². The number of aliphatic imine (C=N–C) groups is 1. The molecule has 0 aliphatic carbocycles. The van der Waals surface area contributed by atoms with Crippen molar-refractivity contribution in [1.82, 2.24) is 15.5 Å². The van der Waals surface area contributed by atoms with Gasteiger partial charge >= 0.3 is 0 Å². The Kier molecular flexibility index (Phi) is 9.80. The molecule has 1 rings (SSSR count). The van der Waals surface area contributed by atoms with E-state index in [1.165, 1.54) is 25.7 Å². The monoisotopic (exact) mass is 338 g/mol. The Morgan fingerprint density at radius 1 is 1.21 bits per heavy atom. The summed E-state index contributed by atoms with van der Waals surface area (Å²) in [7, 11) is 0. The predicted molar refractivity (Wildman–Crippen MR) is 102 cm³/mol. The van der Waals surface area contributed by atoms with Crippen LogP contribution in [0.25, 0.3) is 0 Å². The van der Waals surface area contributed by atoms with E-state index >= 15 is 0 Å². The minimum Gasteiger partial charge on any atom is -0.357 e. The van der Waals surface area contributed by atoms with E-state index in [-0.39, 0.29) is 5.41 Å². The van der Waals surface area contributed by atoms with E-state index in [4.69, 9.17) is 4.99 Å². The number of hydrogen-bond donors (Lipinski definition) is 2. The summed E-state index contributed by atoms with van der Waals surface area (Å²) in [5.74, 6) is 1.21. The maximum absolute atomic E-state index is 11.6. The van der Waals surface area contributed by atoms with E-state index in [1.807, 2.05) is 4.90 Å². The maximum atomic E-state index is 11.6. The number of carbonyl (C=O) groups is 1. The van der Waals surface area contributed by atoms with Crippen molar-refractivity contribution in [2.45, 2.75) is 72.6 Å². The van der Waals surface area contributed by atoms with Crippen LogP contribution in [0.15, 0.2) is 4.99 Å². The zero-order chi connectivity index (χ0) is 17.8. The number of amides is 1. The van der Waals surface area contributed by atoms with Gasteiger partial charge < -0.3 is 15.5 Å². The number of nitrogens with zero attached hydrogens (tertiary/aromatic N) is 2. The highest BCUT2D eigenvalue weighted by molar-refractivity contribution is 5.79. The van der Waals surface area contributed by atoms with Gasteiger partial charge in [-0.15, -0.1) is 0 Å². The molecule has 1 aliphatic rings. The molecule has 0 atom stereocenters. The Bertz CT molecular complexity index is 393. The Balaban J connectivity index is 2.31. The average molecular weight is 339 g/mol. The second kappa shape index (κ2) is 11.3. The molecule has 1 fully saturated rings. The molecule has 5 nitrogen and oxygen atoms in total. The second-order valence-corrected chi connectivity index (χ2v) is 7.58. The molecule has 0 saturated carbocycles. The van der Waals surface area contributed by atoms with Gasteiger partial charge in [-0.25, -0.2) is 0 Å². The number of rotatable bonds is 11. The smallest absolute Gasteiger partial charge is 0.222 e. The fraction of sp³-hybridized carbons (Fsp3) is 0.895. The van der Waals surface area contributed by atoms with E-state index < -0.39 is 0 Å². The molecule has 1 aliphatic heterocycles. The third kappa shape index (κ3) is 8.55. The minimum atomic E-state index is 0.249. The van der Waals surface area contributed by atoms with Crippen LogP contribution < -0.4 is 10.6 Å². The molecule has 0 aromatic rings. The summed E-state index contributed by atoms with van der Waals surface area (Å²) in [6.07, 6.45) is 7.79. The van der Waals surface area contributed by atoms with Crippen molar-refractivity contribution in [3.63, 3.8) is 0 Å². The Hall–Kier alpha value is -1.26. The molecule has 0 spiro atoms. The van der Waals surface area contributed by atoms with Gasteiger partial charge in [-0.3, -0.25) is 9.79 Å². The molecule has 0 bridgehead atoms. The molecule has 1 amide bonds. The van der Waals surface area contributed by atoms with Gasteiger partial charge in [0.1, 0.15) is 0 Å². The molecular weight excluding hydrogens is 300 g/mol. The Labute approximate surface area is 148 Å². The lowest BCUT2D eigenvalue weighted by Gasteiger charge is -2.23. The van der Waals surface area contributed by atoms with Crippen LogP contribution in [0.2, 0.25) is 0 Å². The lowest BCUT2D eigenvalue weighted by atomic mass is 9.87. The molecule has 0 aromatic carbocycles. The summed E-state index contributed by atoms with van der Waals surface area (Å²) in [4.78, 5) is 18.3. The molecular formula is C19H38N4O.